The van der Waals surface area contributed by atoms with Crippen molar-refractivity contribution >= 4 is 11.9 Å². The summed E-state index contributed by atoms with van der Waals surface area (Å²) in [6, 6.07) is -0.511. The molecule has 1 heterocycles. The third-order valence-corrected chi connectivity index (χ3v) is 4.52. The van der Waals surface area contributed by atoms with Crippen molar-refractivity contribution in [2.45, 2.75) is 84.3 Å². The van der Waals surface area contributed by atoms with Gasteiger partial charge in [0.05, 0.1) is 6.10 Å². The smallest absolute Gasteiger partial charge is 0.302 e. The lowest BCUT2D eigenvalue weighted by Crippen LogP contribution is -2.62. The maximum atomic E-state index is 11.6. The van der Waals surface area contributed by atoms with Gasteiger partial charge in [-0.2, -0.15) is 0 Å². The van der Waals surface area contributed by atoms with Crippen LogP contribution in [0.25, 0.3) is 0 Å². The predicted molar refractivity (Wildman–Crippen MR) is 94.7 cm³/mol. The molecule has 1 amide bonds. The molecule has 7 heteroatoms. The van der Waals surface area contributed by atoms with Gasteiger partial charge in [-0.1, -0.05) is 26.7 Å². The molecule has 1 rings (SSSR count). The Bertz CT molecular complexity index is 418. The second kappa shape index (κ2) is 11.4. The van der Waals surface area contributed by atoms with Gasteiger partial charge in [-0.15, -0.1) is 0 Å². The fraction of sp³-hybridized carbons (Fsp3) is 0.889. The van der Waals surface area contributed by atoms with E-state index in [1.165, 1.54) is 13.8 Å². The van der Waals surface area contributed by atoms with Crippen LogP contribution in [0.2, 0.25) is 0 Å². The Morgan fingerprint density at radius 1 is 1.16 bits per heavy atom. The Balaban J connectivity index is 2.74. The van der Waals surface area contributed by atoms with Crippen LogP contribution in [0, 0.1) is 5.92 Å². The third-order valence-electron chi connectivity index (χ3n) is 4.52. The van der Waals surface area contributed by atoms with E-state index in [0.717, 1.165) is 32.1 Å². The van der Waals surface area contributed by atoms with Crippen molar-refractivity contribution in [1.29, 1.82) is 0 Å². The van der Waals surface area contributed by atoms with Gasteiger partial charge in [0.2, 0.25) is 5.91 Å². The van der Waals surface area contributed by atoms with Crippen molar-refractivity contribution < 1.29 is 23.8 Å². The van der Waals surface area contributed by atoms with E-state index in [9.17, 15) is 9.59 Å². The number of carbonyl (C=O) groups excluding carboxylic acids is 2. The Labute approximate surface area is 150 Å². The Morgan fingerprint density at radius 3 is 2.40 bits per heavy atom. The quantitative estimate of drug-likeness (QED) is 0.456. The standard InChI is InChI=1S/C18H34N2O5/c1-5-15-12(2)17(24-14(4)22)16(20-13(3)21)18(25-15)23-11-9-7-6-8-10-19/h12,15-18H,5-11,19H2,1-4H3,(H,20,21)/t12-,15-,16-,17+,18-/m1/s1. The van der Waals surface area contributed by atoms with E-state index in [-0.39, 0.29) is 23.9 Å². The van der Waals surface area contributed by atoms with E-state index in [2.05, 4.69) is 5.32 Å². The van der Waals surface area contributed by atoms with Crippen molar-refractivity contribution in [3.05, 3.63) is 0 Å². The molecule has 0 aromatic heterocycles. The summed E-state index contributed by atoms with van der Waals surface area (Å²) in [5.41, 5.74) is 5.49. The van der Waals surface area contributed by atoms with E-state index < -0.39 is 18.4 Å². The highest BCUT2D eigenvalue weighted by atomic mass is 16.7. The van der Waals surface area contributed by atoms with Crippen LogP contribution in [0.4, 0.5) is 0 Å². The first-order chi connectivity index (χ1) is 11.9. The average molecular weight is 358 g/mol. The zero-order chi connectivity index (χ0) is 18.8. The summed E-state index contributed by atoms with van der Waals surface area (Å²) in [6.45, 7) is 8.04. The first-order valence-electron chi connectivity index (χ1n) is 9.32. The minimum absolute atomic E-state index is 0.0323. The van der Waals surface area contributed by atoms with Gasteiger partial charge in [-0.3, -0.25) is 9.59 Å². The van der Waals surface area contributed by atoms with Crippen LogP contribution in [0.15, 0.2) is 0 Å². The highest BCUT2D eigenvalue weighted by Gasteiger charge is 2.46. The molecular weight excluding hydrogens is 324 g/mol. The normalized spacial score (nSPS) is 29.2. The van der Waals surface area contributed by atoms with E-state index in [0.29, 0.717) is 13.2 Å². The molecule has 0 spiro atoms. The number of rotatable bonds is 10. The molecule has 1 saturated heterocycles. The van der Waals surface area contributed by atoms with Gasteiger partial charge in [0, 0.05) is 26.4 Å². The summed E-state index contributed by atoms with van der Waals surface area (Å²) in [5.74, 6) is -0.607. The first-order valence-corrected chi connectivity index (χ1v) is 9.32. The molecule has 0 aromatic rings. The molecule has 0 saturated carbocycles. The minimum Gasteiger partial charge on any atom is -0.460 e. The number of hydrogen-bond acceptors (Lipinski definition) is 6. The van der Waals surface area contributed by atoms with E-state index >= 15 is 0 Å². The molecule has 1 aliphatic rings. The highest BCUT2D eigenvalue weighted by molar-refractivity contribution is 5.73. The summed E-state index contributed by atoms with van der Waals surface area (Å²) in [4.78, 5) is 23.1. The van der Waals surface area contributed by atoms with Crippen molar-refractivity contribution in [3.63, 3.8) is 0 Å². The first kappa shape index (κ1) is 21.9. The summed E-state index contributed by atoms with van der Waals surface area (Å²) < 4.78 is 17.5. The van der Waals surface area contributed by atoms with Gasteiger partial charge in [-0.05, 0) is 25.8 Å². The molecule has 1 fully saturated rings. The molecule has 7 nitrogen and oxygen atoms in total. The number of ether oxygens (including phenoxy) is 3. The molecule has 25 heavy (non-hydrogen) atoms. The lowest BCUT2D eigenvalue weighted by atomic mass is 9.87. The fourth-order valence-corrected chi connectivity index (χ4v) is 3.24. The molecule has 146 valence electrons. The number of esters is 1. The number of carbonyl (C=O) groups is 2. The molecule has 5 atom stereocenters. The monoisotopic (exact) mass is 358 g/mol. The number of amides is 1. The second-order valence-electron chi connectivity index (χ2n) is 6.68. The number of nitrogens with two attached hydrogens (primary N) is 1. The summed E-state index contributed by atoms with van der Waals surface area (Å²) in [7, 11) is 0. The van der Waals surface area contributed by atoms with Crippen molar-refractivity contribution in [2.75, 3.05) is 13.2 Å². The fourth-order valence-electron chi connectivity index (χ4n) is 3.24. The van der Waals surface area contributed by atoms with Crippen LogP contribution >= 0.6 is 0 Å². The second-order valence-corrected chi connectivity index (χ2v) is 6.68. The Hall–Kier alpha value is -1.18. The summed E-state index contributed by atoms with van der Waals surface area (Å²) in [5, 5.41) is 2.84. The highest BCUT2D eigenvalue weighted by Crippen LogP contribution is 2.31. The van der Waals surface area contributed by atoms with Gasteiger partial charge in [0.1, 0.15) is 12.1 Å². The van der Waals surface area contributed by atoms with Crippen molar-refractivity contribution in [1.82, 2.24) is 5.32 Å². The van der Waals surface area contributed by atoms with E-state index in [1.807, 2.05) is 13.8 Å². The van der Waals surface area contributed by atoms with Gasteiger partial charge < -0.3 is 25.3 Å². The molecule has 0 radical (unpaired) electrons. The molecule has 0 aliphatic carbocycles. The van der Waals surface area contributed by atoms with Crippen LogP contribution in [-0.2, 0) is 23.8 Å². The van der Waals surface area contributed by atoms with E-state index in [4.69, 9.17) is 19.9 Å². The van der Waals surface area contributed by atoms with Gasteiger partial charge in [0.15, 0.2) is 6.29 Å². The zero-order valence-electron chi connectivity index (χ0n) is 16.0. The molecule has 0 aromatic carbocycles. The van der Waals surface area contributed by atoms with Crippen LogP contribution in [-0.4, -0.2) is 49.6 Å². The maximum absolute atomic E-state index is 11.6. The van der Waals surface area contributed by atoms with Gasteiger partial charge >= 0.3 is 5.97 Å². The molecule has 0 unspecified atom stereocenters. The maximum Gasteiger partial charge on any atom is 0.302 e. The molecule has 1 aliphatic heterocycles. The zero-order valence-corrected chi connectivity index (χ0v) is 16.0. The van der Waals surface area contributed by atoms with Gasteiger partial charge in [0.25, 0.3) is 0 Å². The van der Waals surface area contributed by atoms with Crippen LogP contribution < -0.4 is 11.1 Å². The van der Waals surface area contributed by atoms with Crippen LogP contribution in [0.3, 0.4) is 0 Å². The van der Waals surface area contributed by atoms with Gasteiger partial charge in [-0.25, -0.2) is 0 Å². The third kappa shape index (κ3) is 7.30. The average Bonchev–Trinajstić information content (AvgIpc) is 2.55. The molecular formula is C18H34N2O5. The minimum atomic E-state index is -0.621. The molecule has 3 N–H and O–H groups in total. The SMILES string of the molecule is CC[C@H]1O[C@@H](OCCCCCCN)[C@H](NC(C)=O)[C@@H](OC(C)=O)[C@@H]1C. The summed E-state index contributed by atoms with van der Waals surface area (Å²) >= 11 is 0. The molecule has 0 bridgehead atoms. The van der Waals surface area contributed by atoms with E-state index in [1.54, 1.807) is 0 Å². The van der Waals surface area contributed by atoms with Crippen LogP contribution in [0.5, 0.6) is 0 Å². The summed E-state index contributed by atoms with van der Waals surface area (Å²) in [6.07, 6.45) is 3.63. The number of nitrogens with one attached hydrogen (secondary N) is 1. The lowest BCUT2D eigenvalue weighted by molar-refractivity contribution is -0.253. The topological polar surface area (TPSA) is 99.9 Å². The number of unbranched alkanes of at least 4 members (excludes halogenated alkanes) is 3. The number of hydrogen-bond donors (Lipinski definition) is 2. The Morgan fingerprint density at radius 2 is 1.84 bits per heavy atom. The largest absolute Gasteiger partial charge is 0.460 e. The van der Waals surface area contributed by atoms with Crippen molar-refractivity contribution in [3.8, 4) is 0 Å². The van der Waals surface area contributed by atoms with Crippen molar-refractivity contribution in [2.24, 2.45) is 11.7 Å². The predicted octanol–water partition coefficient (Wildman–Crippen LogP) is 1.73. The van der Waals surface area contributed by atoms with Crippen LogP contribution in [0.1, 0.15) is 59.8 Å². The Kier molecular flexibility index (Phi) is 10.0. The lowest BCUT2D eigenvalue weighted by Gasteiger charge is -2.44.